The summed E-state index contributed by atoms with van der Waals surface area (Å²) in [6.45, 7) is 4.03. The molecule has 0 saturated heterocycles. The summed E-state index contributed by atoms with van der Waals surface area (Å²) in [5, 5.41) is 11.9. The zero-order valence-corrected chi connectivity index (χ0v) is 18.2. The molecule has 0 saturated carbocycles. The number of hydrogen-bond acceptors (Lipinski definition) is 7. The Labute approximate surface area is 184 Å². The van der Waals surface area contributed by atoms with Crippen LogP contribution in [0.2, 0.25) is 0 Å². The van der Waals surface area contributed by atoms with Gasteiger partial charge in [-0.3, -0.25) is 0 Å². The van der Waals surface area contributed by atoms with Gasteiger partial charge in [0.2, 0.25) is 16.0 Å². The highest BCUT2D eigenvalue weighted by atomic mass is 32.2. The second-order valence-electron chi connectivity index (χ2n) is 7.51. The predicted molar refractivity (Wildman–Crippen MR) is 123 cm³/mol. The molecule has 4 N–H and O–H groups in total. The molecular formula is C22H21FN6O2S. The molecule has 0 aliphatic rings. The molecule has 4 aromatic rings. The number of nitrogens with two attached hydrogens (primary N) is 1. The summed E-state index contributed by atoms with van der Waals surface area (Å²) in [6.07, 6.45) is 3.19. The number of nitrogens with zero attached hydrogens (tertiary/aromatic N) is 3. The van der Waals surface area contributed by atoms with Crippen LogP contribution in [0.3, 0.4) is 0 Å². The Hall–Kier alpha value is -3.63. The topological polar surface area (TPSA) is 123 Å². The monoisotopic (exact) mass is 452 g/mol. The lowest BCUT2D eigenvalue weighted by molar-refractivity contribution is 0.598. The fourth-order valence-corrected chi connectivity index (χ4v) is 3.70. The Morgan fingerprint density at radius 1 is 1.00 bits per heavy atom. The van der Waals surface area contributed by atoms with Gasteiger partial charge in [0.05, 0.1) is 10.4 Å². The molecule has 2 heterocycles. The summed E-state index contributed by atoms with van der Waals surface area (Å²) in [5.74, 6) is 0.601. The van der Waals surface area contributed by atoms with E-state index in [1.54, 1.807) is 18.3 Å². The van der Waals surface area contributed by atoms with Crippen molar-refractivity contribution >= 4 is 38.4 Å². The van der Waals surface area contributed by atoms with Crippen molar-refractivity contribution in [3.63, 3.8) is 0 Å². The summed E-state index contributed by atoms with van der Waals surface area (Å²) in [6, 6.07) is 12.6. The number of primary sulfonamides is 1. The first kappa shape index (κ1) is 21.6. The number of anilines is 3. The van der Waals surface area contributed by atoms with Gasteiger partial charge in [-0.15, -0.1) is 0 Å². The molecule has 32 heavy (non-hydrogen) atoms. The summed E-state index contributed by atoms with van der Waals surface area (Å²) in [7, 11) is -3.78. The maximum atomic E-state index is 14.3. The van der Waals surface area contributed by atoms with E-state index in [-0.39, 0.29) is 16.9 Å². The molecule has 2 aromatic carbocycles. The SMILES string of the molecule is CC(C)Nc1ccc(-c2cc(F)cc3cnc(Nc4ccc(S(N)(=O)=O)cc4)nc23)cn1. The Bertz CT molecular complexity index is 1370. The summed E-state index contributed by atoms with van der Waals surface area (Å²) < 4.78 is 37.1. The standard InChI is InChI=1S/C22H21FN6O2S/c1-13(2)27-20-8-3-14(11-25-20)19-10-16(23)9-15-12-26-22(29-21(15)19)28-17-4-6-18(7-5-17)32(24,30)31/h3-13H,1-2H3,(H,25,27)(H2,24,30,31)(H,26,28,29). The Morgan fingerprint density at radius 2 is 1.75 bits per heavy atom. The molecule has 10 heteroatoms. The van der Waals surface area contributed by atoms with Crippen LogP contribution < -0.4 is 15.8 Å². The highest BCUT2D eigenvalue weighted by Crippen LogP contribution is 2.29. The highest BCUT2D eigenvalue weighted by Gasteiger charge is 2.12. The molecule has 0 aliphatic heterocycles. The third-order valence-corrected chi connectivity index (χ3v) is 5.53. The van der Waals surface area contributed by atoms with E-state index >= 15 is 0 Å². The van der Waals surface area contributed by atoms with Gasteiger partial charge in [-0.25, -0.2) is 32.9 Å². The smallest absolute Gasteiger partial charge is 0.238 e. The van der Waals surface area contributed by atoms with Gasteiger partial charge in [-0.2, -0.15) is 0 Å². The van der Waals surface area contributed by atoms with E-state index in [1.807, 2.05) is 26.0 Å². The Morgan fingerprint density at radius 3 is 2.38 bits per heavy atom. The maximum Gasteiger partial charge on any atom is 0.238 e. The fraction of sp³-hybridized carbons (Fsp3) is 0.136. The fourth-order valence-electron chi connectivity index (χ4n) is 3.18. The molecule has 2 aromatic heterocycles. The molecule has 0 bridgehead atoms. The summed E-state index contributed by atoms with van der Waals surface area (Å²) >= 11 is 0. The Kier molecular flexibility index (Phi) is 5.72. The van der Waals surface area contributed by atoms with Gasteiger partial charge < -0.3 is 10.6 Å². The largest absolute Gasteiger partial charge is 0.368 e. The zero-order valence-electron chi connectivity index (χ0n) is 17.4. The minimum absolute atomic E-state index is 0.00291. The molecule has 0 fully saturated rings. The van der Waals surface area contributed by atoms with Gasteiger partial charge in [0.25, 0.3) is 0 Å². The number of fused-ring (bicyclic) bond motifs is 1. The quantitative estimate of drug-likeness (QED) is 0.403. The number of nitrogens with one attached hydrogen (secondary N) is 2. The first-order chi connectivity index (χ1) is 15.2. The van der Waals surface area contributed by atoms with Crippen molar-refractivity contribution in [2.45, 2.75) is 24.8 Å². The van der Waals surface area contributed by atoms with Gasteiger partial charge in [0.15, 0.2) is 0 Å². The van der Waals surface area contributed by atoms with E-state index in [2.05, 4.69) is 25.6 Å². The Balaban J connectivity index is 1.69. The van der Waals surface area contributed by atoms with E-state index in [4.69, 9.17) is 5.14 Å². The van der Waals surface area contributed by atoms with Crippen molar-refractivity contribution in [1.29, 1.82) is 0 Å². The van der Waals surface area contributed by atoms with Crippen molar-refractivity contribution in [3.05, 3.63) is 66.7 Å². The predicted octanol–water partition coefficient (Wildman–Crippen LogP) is 4.04. The van der Waals surface area contributed by atoms with Crippen molar-refractivity contribution < 1.29 is 12.8 Å². The van der Waals surface area contributed by atoms with Gasteiger partial charge in [0, 0.05) is 40.6 Å². The summed E-state index contributed by atoms with van der Waals surface area (Å²) in [5.41, 5.74) is 2.42. The first-order valence-electron chi connectivity index (χ1n) is 9.78. The van der Waals surface area contributed by atoms with Crippen molar-refractivity contribution in [1.82, 2.24) is 15.0 Å². The number of rotatable bonds is 6. The molecule has 0 spiro atoms. The number of pyridine rings is 1. The van der Waals surface area contributed by atoms with E-state index in [1.165, 1.54) is 30.5 Å². The first-order valence-corrected chi connectivity index (χ1v) is 11.3. The molecule has 0 aliphatic carbocycles. The minimum Gasteiger partial charge on any atom is -0.368 e. The number of aromatic nitrogens is 3. The van der Waals surface area contributed by atoms with Crippen LogP contribution in [0, 0.1) is 5.82 Å². The van der Waals surface area contributed by atoms with Crippen LogP contribution in [0.25, 0.3) is 22.0 Å². The van der Waals surface area contributed by atoms with Gasteiger partial charge in [0.1, 0.15) is 11.6 Å². The van der Waals surface area contributed by atoms with E-state index in [9.17, 15) is 12.8 Å². The molecule has 0 atom stereocenters. The molecule has 4 rings (SSSR count). The van der Waals surface area contributed by atoms with Crippen LogP contribution in [-0.2, 0) is 10.0 Å². The van der Waals surface area contributed by atoms with Crippen LogP contribution >= 0.6 is 0 Å². The average molecular weight is 453 g/mol. The van der Waals surface area contributed by atoms with Gasteiger partial charge in [-0.1, -0.05) is 0 Å². The molecule has 0 unspecified atom stereocenters. The lowest BCUT2D eigenvalue weighted by Gasteiger charge is -2.11. The second kappa shape index (κ2) is 8.48. The molecule has 0 radical (unpaired) electrons. The van der Waals surface area contributed by atoms with Gasteiger partial charge >= 0.3 is 0 Å². The third kappa shape index (κ3) is 4.82. The van der Waals surface area contributed by atoms with E-state index < -0.39 is 15.8 Å². The number of benzene rings is 2. The van der Waals surface area contributed by atoms with Crippen LogP contribution in [0.15, 0.2) is 65.8 Å². The van der Waals surface area contributed by atoms with Crippen LogP contribution in [0.1, 0.15) is 13.8 Å². The average Bonchev–Trinajstić information content (AvgIpc) is 2.73. The second-order valence-corrected chi connectivity index (χ2v) is 9.07. The highest BCUT2D eigenvalue weighted by molar-refractivity contribution is 7.89. The third-order valence-electron chi connectivity index (χ3n) is 4.60. The van der Waals surface area contributed by atoms with E-state index in [0.29, 0.717) is 27.7 Å². The van der Waals surface area contributed by atoms with Crippen molar-refractivity contribution in [3.8, 4) is 11.1 Å². The lowest BCUT2D eigenvalue weighted by Crippen LogP contribution is -2.11. The van der Waals surface area contributed by atoms with Gasteiger partial charge in [-0.05, 0) is 62.4 Å². The zero-order chi connectivity index (χ0) is 22.9. The normalized spacial score (nSPS) is 11.7. The van der Waals surface area contributed by atoms with Crippen molar-refractivity contribution in [2.75, 3.05) is 10.6 Å². The molecular weight excluding hydrogens is 431 g/mol. The maximum absolute atomic E-state index is 14.3. The molecule has 164 valence electrons. The minimum atomic E-state index is -3.78. The summed E-state index contributed by atoms with van der Waals surface area (Å²) in [4.78, 5) is 13.2. The van der Waals surface area contributed by atoms with Crippen LogP contribution in [0.4, 0.5) is 21.8 Å². The number of sulfonamides is 1. The van der Waals surface area contributed by atoms with E-state index in [0.717, 1.165) is 5.82 Å². The number of hydrogen-bond donors (Lipinski definition) is 3. The van der Waals surface area contributed by atoms with Crippen LogP contribution in [0.5, 0.6) is 0 Å². The molecule has 0 amide bonds. The lowest BCUT2D eigenvalue weighted by atomic mass is 10.0. The number of halogens is 1. The van der Waals surface area contributed by atoms with Crippen molar-refractivity contribution in [2.24, 2.45) is 5.14 Å². The van der Waals surface area contributed by atoms with Crippen LogP contribution in [-0.4, -0.2) is 29.4 Å². The molecule has 8 nitrogen and oxygen atoms in total.